The number of aromatic amines is 1. The van der Waals surface area contributed by atoms with Gasteiger partial charge in [-0.15, -0.1) is 0 Å². The van der Waals surface area contributed by atoms with E-state index in [0.29, 0.717) is 22.7 Å². The summed E-state index contributed by atoms with van der Waals surface area (Å²) in [6, 6.07) is 11.6. The maximum absolute atomic E-state index is 12.8. The molecule has 0 aliphatic heterocycles. The quantitative estimate of drug-likeness (QED) is 0.502. The summed E-state index contributed by atoms with van der Waals surface area (Å²) < 4.78 is 44.2. The van der Waals surface area contributed by atoms with Crippen molar-refractivity contribution in [3.63, 3.8) is 0 Å². The van der Waals surface area contributed by atoms with Gasteiger partial charge in [0.15, 0.2) is 0 Å². The Hall–Kier alpha value is -3.29. The van der Waals surface area contributed by atoms with Gasteiger partial charge in [0, 0.05) is 17.3 Å². The van der Waals surface area contributed by atoms with Gasteiger partial charge >= 0.3 is 6.18 Å². The largest absolute Gasteiger partial charge is 0.491 e. The number of ether oxygens (including phenoxy) is 1. The molecule has 30 heavy (non-hydrogen) atoms. The highest BCUT2D eigenvalue weighted by Crippen LogP contribution is 2.31. The van der Waals surface area contributed by atoms with Crippen molar-refractivity contribution in [1.29, 1.82) is 0 Å². The summed E-state index contributed by atoms with van der Waals surface area (Å²) in [6.07, 6.45) is -1.10. The predicted octanol–water partition coefficient (Wildman–Crippen LogP) is 5.92. The Kier molecular flexibility index (Phi) is 6.44. The zero-order valence-electron chi connectivity index (χ0n) is 16.6. The number of hydrogen-bond donors (Lipinski definition) is 2. The first-order valence-electron chi connectivity index (χ1n) is 9.57. The van der Waals surface area contributed by atoms with Crippen LogP contribution in [0.4, 0.5) is 18.9 Å². The molecule has 0 aliphatic rings. The molecule has 0 saturated carbocycles. The Labute approximate surface area is 172 Å². The van der Waals surface area contributed by atoms with Crippen LogP contribution < -0.4 is 10.1 Å². The number of aromatic nitrogens is 2. The lowest BCUT2D eigenvalue weighted by Gasteiger charge is -2.14. The van der Waals surface area contributed by atoms with Gasteiger partial charge in [0.05, 0.1) is 29.1 Å². The average Bonchev–Trinajstić information content (AvgIpc) is 3.18. The number of alkyl halides is 3. The predicted molar refractivity (Wildman–Crippen MR) is 108 cm³/mol. The fraction of sp³-hybridized carbons (Fsp3) is 0.273. The zero-order chi connectivity index (χ0) is 21.7. The number of nitrogens with zero attached hydrogens (tertiary/aromatic N) is 1. The first-order chi connectivity index (χ1) is 14.3. The molecule has 0 radical (unpaired) electrons. The molecule has 2 aromatic carbocycles. The highest BCUT2D eigenvalue weighted by molar-refractivity contribution is 6.08. The molecule has 158 valence electrons. The van der Waals surface area contributed by atoms with Crippen molar-refractivity contribution in [2.45, 2.75) is 39.0 Å². The van der Waals surface area contributed by atoms with E-state index in [4.69, 9.17) is 4.74 Å². The van der Waals surface area contributed by atoms with Crippen molar-refractivity contribution in [3.8, 4) is 17.0 Å². The van der Waals surface area contributed by atoms with Crippen molar-refractivity contribution in [2.75, 3.05) is 5.32 Å². The Morgan fingerprint density at radius 1 is 1.20 bits per heavy atom. The molecule has 5 nitrogen and oxygen atoms in total. The van der Waals surface area contributed by atoms with Gasteiger partial charge in [-0.25, -0.2) is 0 Å². The van der Waals surface area contributed by atoms with Gasteiger partial charge in [-0.3, -0.25) is 9.89 Å². The van der Waals surface area contributed by atoms with Gasteiger partial charge in [-0.1, -0.05) is 31.5 Å². The number of halogens is 3. The van der Waals surface area contributed by atoms with Crippen molar-refractivity contribution in [2.24, 2.45) is 0 Å². The molecule has 0 spiro atoms. The van der Waals surface area contributed by atoms with Gasteiger partial charge in [0.25, 0.3) is 5.91 Å². The normalized spacial score (nSPS) is 12.4. The maximum Gasteiger partial charge on any atom is 0.416 e. The molecule has 0 saturated heterocycles. The first-order valence-corrected chi connectivity index (χ1v) is 9.57. The third-order valence-corrected chi connectivity index (χ3v) is 4.51. The molecule has 1 amide bonds. The Morgan fingerprint density at radius 2 is 1.93 bits per heavy atom. The van der Waals surface area contributed by atoms with Gasteiger partial charge in [0.2, 0.25) is 0 Å². The third kappa shape index (κ3) is 5.20. The summed E-state index contributed by atoms with van der Waals surface area (Å²) >= 11 is 0. The molecular formula is C22H22F3N3O2. The van der Waals surface area contributed by atoms with Crippen LogP contribution in [0.2, 0.25) is 0 Å². The second-order valence-electron chi connectivity index (χ2n) is 6.93. The van der Waals surface area contributed by atoms with Crippen LogP contribution in [0.5, 0.6) is 5.75 Å². The molecule has 3 rings (SSSR count). The zero-order valence-corrected chi connectivity index (χ0v) is 16.6. The lowest BCUT2D eigenvalue weighted by Crippen LogP contribution is -2.13. The summed E-state index contributed by atoms with van der Waals surface area (Å²) in [6.45, 7) is 4.06. The Bertz CT molecular complexity index is 997. The molecule has 1 heterocycles. The van der Waals surface area contributed by atoms with Crippen LogP contribution >= 0.6 is 0 Å². The Morgan fingerprint density at radius 3 is 2.60 bits per heavy atom. The van der Waals surface area contributed by atoms with Crippen LogP contribution in [0.25, 0.3) is 11.3 Å². The van der Waals surface area contributed by atoms with E-state index in [1.807, 2.05) is 13.0 Å². The molecule has 8 heteroatoms. The molecule has 3 aromatic rings. The van der Waals surface area contributed by atoms with Crippen molar-refractivity contribution < 1.29 is 22.7 Å². The van der Waals surface area contributed by atoms with Gasteiger partial charge < -0.3 is 10.1 Å². The monoisotopic (exact) mass is 417 g/mol. The lowest BCUT2D eigenvalue weighted by molar-refractivity contribution is -0.137. The standard InChI is InChI=1S/C22H22F3N3O2/c1-3-5-14(2)30-18-7-4-6-17(12-18)27-21(29)19-13-26-28-20(19)15-8-10-16(11-9-15)22(23,24)25/h4,6-14H,3,5H2,1-2H3,(H,26,28)(H,27,29). The van der Waals surface area contributed by atoms with Crippen LogP contribution in [0, 0.1) is 0 Å². The van der Waals surface area contributed by atoms with Crippen LogP contribution in [0.3, 0.4) is 0 Å². The molecule has 0 fully saturated rings. The van der Waals surface area contributed by atoms with Gasteiger partial charge in [-0.05, 0) is 37.6 Å². The maximum atomic E-state index is 12.8. The molecule has 1 atom stereocenters. The van der Waals surface area contributed by atoms with Crippen LogP contribution in [-0.4, -0.2) is 22.2 Å². The van der Waals surface area contributed by atoms with Crippen molar-refractivity contribution >= 4 is 11.6 Å². The second kappa shape index (κ2) is 9.02. The first kappa shape index (κ1) is 21.4. The minimum Gasteiger partial charge on any atom is -0.491 e. The number of benzene rings is 2. The average molecular weight is 417 g/mol. The summed E-state index contributed by atoms with van der Waals surface area (Å²) in [5, 5.41) is 9.34. The number of carbonyl (C=O) groups excluding carboxylic acids is 1. The minimum atomic E-state index is -4.42. The summed E-state index contributed by atoms with van der Waals surface area (Å²) in [4.78, 5) is 12.7. The molecule has 2 N–H and O–H groups in total. The number of rotatable bonds is 7. The topological polar surface area (TPSA) is 67.0 Å². The number of hydrogen-bond acceptors (Lipinski definition) is 3. The fourth-order valence-corrected chi connectivity index (χ4v) is 3.05. The highest BCUT2D eigenvalue weighted by Gasteiger charge is 2.30. The molecular weight excluding hydrogens is 395 g/mol. The van der Waals surface area contributed by atoms with E-state index in [9.17, 15) is 18.0 Å². The fourth-order valence-electron chi connectivity index (χ4n) is 3.05. The number of amides is 1. The third-order valence-electron chi connectivity index (χ3n) is 4.51. The van der Waals surface area contributed by atoms with Crippen LogP contribution in [-0.2, 0) is 6.18 Å². The number of carbonyl (C=O) groups is 1. The molecule has 0 aliphatic carbocycles. The van der Waals surface area contributed by atoms with Crippen molar-refractivity contribution in [1.82, 2.24) is 10.2 Å². The minimum absolute atomic E-state index is 0.0566. The van der Waals surface area contributed by atoms with E-state index in [2.05, 4.69) is 22.4 Å². The molecule has 1 unspecified atom stereocenters. The second-order valence-corrected chi connectivity index (χ2v) is 6.93. The smallest absolute Gasteiger partial charge is 0.416 e. The highest BCUT2D eigenvalue weighted by atomic mass is 19.4. The van der Waals surface area contributed by atoms with E-state index in [0.717, 1.165) is 25.0 Å². The van der Waals surface area contributed by atoms with E-state index in [1.165, 1.54) is 18.3 Å². The number of H-pyrrole nitrogens is 1. The lowest BCUT2D eigenvalue weighted by atomic mass is 10.1. The Balaban J connectivity index is 1.76. The SMILES string of the molecule is CCCC(C)Oc1cccc(NC(=O)c2cn[nH]c2-c2ccc(C(F)(F)F)cc2)c1. The van der Waals surface area contributed by atoms with Gasteiger partial charge in [-0.2, -0.15) is 18.3 Å². The van der Waals surface area contributed by atoms with Crippen LogP contribution in [0.1, 0.15) is 42.6 Å². The number of nitrogens with one attached hydrogen (secondary N) is 2. The van der Waals surface area contributed by atoms with Crippen molar-refractivity contribution in [3.05, 3.63) is 65.9 Å². The van der Waals surface area contributed by atoms with Crippen LogP contribution in [0.15, 0.2) is 54.7 Å². The summed E-state index contributed by atoms with van der Waals surface area (Å²) in [5.41, 5.74) is 0.772. The summed E-state index contributed by atoms with van der Waals surface area (Å²) in [7, 11) is 0. The van der Waals surface area contributed by atoms with E-state index < -0.39 is 17.6 Å². The number of anilines is 1. The van der Waals surface area contributed by atoms with E-state index in [1.54, 1.807) is 18.2 Å². The molecule has 1 aromatic heterocycles. The molecule has 0 bridgehead atoms. The van der Waals surface area contributed by atoms with E-state index in [-0.39, 0.29) is 11.7 Å². The van der Waals surface area contributed by atoms with E-state index >= 15 is 0 Å². The summed E-state index contributed by atoms with van der Waals surface area (Å²) in [5.74, 6) is 0.210. The van der Waals surface area contributed by atoms with Gasteiger partial charge in [0.1, 0.15) is 5.75 Å².